The maximum absolute atomic E-state index is 10.9. The predicted molar refractivity (Wildman–Crippen MR) is 39.9 cm³/mol. The van der Waals surface area contributed by atoms with Crippen LogP contribution in [0.3, 0.4) is 0 Å². The highest BCUT2D eigenvalue weighted by molar-refractivity contribution is 4.74. The second-order valence-electron chi connectivity index (χ2n) is 2.24. The summed E-state index contributed by atoms with van der Waals surface area (Å²) in [5.41, 5.74) is -0.818. The van der Waals surface area contributed by atoms with Gasteiger partial charge in [0.2, 0.25) is 0 Å². The maximum Gasteiger partial charge on any atom is 0.446 e. The molecule has 0 aromatic carbocycles. The first kappa shape index (κ1) is 8.31. The van der Waals surface area contributed by atoms with Crippen molar-refractivity contribution < 1.29 is 4.42 Å². The molecule has 7 nitrogen and oxygen atoms in total. The number of nitrogens with one attached hydrogen (secondary N) is 1. The smallest absolute Gasteiger partial charge is 0.357 e. The molecular weight excluding hydrogens is 166 g/mol. The Hall–Kier alpha value is -1.79. The summed E-state index contributed by atoms with van der Waals surface area (Å²) >= 11 is 0. The molecule has 0 aliphatic rings. The molecule has 0 aliphatic heterocycles. The van der Waals surface area contributed by atoms with Crippen molar-refractivity contribution in [2.45, 2.75) is 0 Å². The second kappa shape index (κ2) is 2.68. The lowest BCUT2D eigenvalue weighted by Crippen LogP contribution is -2.48. The molecular formula is C5H7N3O4. The van der Waals surface area contributed by atoms with E-state index < -0.39 is 17.2 Å². The number of hydrogen-bond acceptors (Lipinski definition) is 5. The van der Waals surface area contributed by atoms with E-state index in [9.17, 15) is 14.4 Å². The molecule has 0 fully saturated rings. The summed E-state index contributed by atoms with van der Waals surface area (Å²) in [7, 11) is 2.94. The van der Waals surface area contributed by atoms with Crippen LogP contribution in [0.2, 0.25) is 0 Å². The average molecular weight is 173 g/mol. The van der Waals surface area contributed by atoms with Crippen molar-refractivity contribution in [2.24, 2.45) is 0 Å². The normalized spacial score (nSPS) is 9.83. The van der Waals surface area contributed by atoms with Crippen LogP contribution in [-0.4, -0.2) is 23.8 Å². The van der Waals surface area contributed by atoms with Gasteiger partial charge in [-0.25, -0.2) is 19.4 Å². The minimum atomic E-state index is -1.05. The fraction of sp³-hybridized carbons (Fsp3) is 0.400. The van der Waals surface area contributed by atoms with Gasteiger partial charge in [-0.1, -0.05) is 0 Å². The molecule has 0 radical (unpaired) electrons. The van der Waals surface area contributed by atoms with E-state index >= 15 is 0 Å². The number of nitrogens with zero attached hydrogens (tertiary/aromatic N) is 2. The zero-order chi connectivity index (χ0) is 9.30. The SMILES string of the molecule is CN(C)n1c(=O)[nH]c(=O)oc1=O. The van der Waals surface area contributed by atoms with Gasteiger partial charge < -0.3 is 9.43 Å². The van der Waals surface area contributed by atoms with Gasteiger partial charge >= 0.3 is 17.2 Å². The Bertz CT molecular complexity index is 403. The fourth-order valence-electron chi connectivity index (χ4n) is 0.716. The standard InChI is InChI=1S/C5H7N3O4/c1-7(2)8-3(9)6-4(10)12-5(8)11/h1-2H3,(H,6,9,10). The first-order valence-corrected chi connectivity index (χ1v) is 3.06. The number of aromatic amines is 1. The summed E-state index contributed by atoms with van der Waals surface area (Å²) in [5, 5.41) is 1.20. The molecule has 0 amide bonds. The van der Waals surface area contributed by atoms with Gasteiger partial charge in [0.25, 0.3) is 0 Å². The van der Waals surface area contributed by atoms with Crippen molar-refractivity contribution in [2.75, 3.05) is 19.1 Å². The molecule has 0 saturated carbocycles. The third-order valence-corrected chi connectivity index (χ3v) is 1.15. The monoisotopic (exact) mass is 173 g/mol. The average Bonchev–Trinajstić information content (AvgIpc) is 1.82. The topological polar surface area (TPSA) is 88.3 Å². The molecule has 0 atom stereocenters. The summed E-state index contributed by atoms with van der Waals surface area (Å²) in [6, 6.07) is 0. The lowest BCUT2D eigenvalue weighted by Gasteiger charge is -2.10. The zero-order valence-electron chi connectivity index (χ0n) is 6.53. The molecule has 0 spiro atoms. The predicted octanol–water partition coefficient (Wildman–Crippen LogP) is -2.31. The summed E-state index contributed by atoms with van der Waals surface area (Å²) in [4.78, 5) is 34.0. The van der Waals surface area contributed by atoms with Gasteiger partial charge in [-0.15, -0.1) is 4.68 Å². The van der Waals surface area contributed by atoms with Crippen LogP contribution < -0.4 is 22.2 Å². The van der Waals surface area contributed by atoms with E-state index in [4.69, 9.17) is 0 Å². The fourth-order valence-corrected chi connectivity index (χ4v) is 0.716. The van der Waals surface area contributed by atoms with E-state index in [1.54, 1.807) is 4.98 Å². The number of H-pyrrole nitrogens is 1. The van der Waals surface area contributed by atoms with Crippen molar-refractivity contribution in [3.8, 4) is 0 Å². The lowest BCUT2D eigenvalue weighted by atomic mass is 11.0. The van der Waals surface area contributed by atoms with Crippen molar-refractivity contribution >= 4 is 0 Å². The molecule has 12 heavy (non-hydrogen) atoms. The van der Waals surface area contributed by atoms with E-state index in [0.717, 1.165) is 0 Å². The number of rotatable bonds is 1. The van der Waals surface area contributed by atoms with Crippen molar-refractivity contribution in [3.63, 3.8) is 0 Å². The maximum atomic E-state index is 10.9. The highest BCUT2D eigenvalue weighted by Gasteiger charge is 2.04. The number of aromatic nitrogens is 2. The minimum absolute atomic E-state index is 0.654. The Kier molecular flexibility index (Phi) is 1.86. The first-order chi connectivity index (χ1) is 5.52. The quantitative estimate of drug-likeness (QED) is 0.515. The van der Waals surface area contributed by atoms with E-state index in [0.29, 0.717) is 4.68 Å². The van der Waals surface area contributed by atoms with Crippen LogP contribution in [0.25, 0.3) is 0 Å². The minimum Gasteiger partial charge on any atom is -0.357 e. The molecule has 0 unspecified atom stereocenters. The van der Waals surface area contributed by atoms with E-state index in [-0.39, 0.29) is 0 Å². The van der Waals surface area contributed by atoms with Crippen LogP contribution in [0.4, 0.5) is 0 Å². The van der Waals surface area contributed by atoms with Crippen molar-refractivity contribution in [1.82, 2.24) is 9.66 Å². The van der Waals surface area contributed by atoms with Crippen LogP contribution in [0, 0.1) is 0 Å². The van der Waals surface area contributed by atoms with Crippen LogP contribution >= 0.6 is 0 Å². The van der Waals surface area contributed by atoms with Gasteiger partial charge in [0.05, 0.1) is 0 Å². The van der Waals surface area contributed by atoms with Gasteiger partial charge in [-0.3, -0.25) is 0 Å². The van der Waals surface area contributed by atoms with Crippen LogP contribution in [0.1, 0.15) is 0 Å². The molecule has 7 heteroatoms. The van der Waals surface area contributed by atoms with Crippen molar-refractivity contribution in [1.29, 1.82) is 0 Å². The third-order valence-electron chi connectivity index (χ3n) is 1.15. The molecule has 1 aromatic heterocycles. The van der Waals surface area contributed by atoms with Gasteiger partial charge in [0, 0.05) is 14.1 Å². The molecule has 0 saturated heterocycles. The highest BCUT2D eigenvalue weighted by atomic mass is 16.5. The molecule has 1 N–H and O–H groups in total. The summed E-state index contributed by atoms with van der Waals surface area (Å²) in [5.74, 6) is -2.06. The Morgan fingerprint density at radius 3 is 2.33 bits per heavy atom. The molecule has 1 aromatic rings. The molecule has 0 aliphatic carbocycles. The zero-order valence-corrected chi connectivity index (χ0v) is 6.53. The second-order valence-corrected chi connectivity index (χ2v) is 2.24. The Morgan fingerprint density at radius 1 is 1.33 bits per heavy atom. The van der Waals surface area contributed by atoms with Gasteiger partial charge in [-0.05, 0) is 0 Å². The van der Waals surface area contributed by atoms with Crippen LogP contribution in [-0.2, 0) is 0 Å². The van der Waals surface area contributed by atoms with Crippen LogP contribution in [0.15, 0.2) is 18.8 Å². The highest BCUT2D eigenvalue weighted by Crippen LogP contribution is 1.63. The van der Waals surface area contributed by atoms with E-state index in [1.807, 2.05) is 0 Å². The molecule has 66 valence electrons. The summed E-state index contributed by atoms with van der Waals surface area (Å²) < 4.78 is 4.76. The van der Waals surface area contributed by atoms with Crippen LogP contribution in [0.5, 0.6) is 0 Å². The van der Waals surface area contributed by atoms with Gasteiger partial charge in [-0.2, -0.15) is 0 Å². The Labute approximate surface area is 65.8 Å². The molecule has 1 heterocycles. The van der Waals surface area contributed by atoms with E-state index in [2.05, 4.69) is 4.42 Å². The lowest BCUT2D eigenvalue weighted by molar-refractivity contribution is 0.369. The van der Waals surface area contributed by atoms with Gasteiger partial charge in [0.15, 0.2) is 0 Å². The largest absolute Gasteiger partial charge is 0.446 e. The molecule has 1 rings (SSSR count). The first-order valence-electron chi connectivity index (χ1n) is 3.06. The van der Waals surface area contributed by atoms with Crippen molar-refractivity contribution in [3.05, 3.63) is 31.6 Å². The number of hydrogen-bond donors (Lipinski definition) is 1. The Balaban J connectivity index is 3.61. The Morgan fingerprint density at radius 2 is 1.92 bits per heavy atom. The van der Waals surface area contributed by atoms with E-state index in [1.165, 1.54) is 19.1 Å². The summed E-state index contributed by atoms with van der Waals surface area (Å²) in [6.45, 7) is 0. The molecule has 0 bridgehead atoms. The third kappa shape index (κ3) is 1.29. The van der Waals surface area contributed by atoms with Gasteiger partial charge in [0.1, 0.15) is 0 Å². The summed E-state index contributed by atoms with van der Waals surface area (Å²) in [6.07, 6.45) is 0.